The molecule has 8 heteroatoms. The van der Waals surface area contributed by atoms with E-state index in [1.54, 1.807) is 16.8 Å². The largest absolute Gasteiger partial charge is 0.459 e. The van der Waals surface area contributed by atoms with E-state index in [4.69, 9.17) is 28.6 Å². The number of ether oxygens (including phenoxy) is 1. The maximum Gasteiger partial charge on any atom is 0.316 e. The monoisotopic (exact) mass is 374 g/mol. The summed E-state index contributed by atoms with van der Waals surface area (Å²) in [6.07, 6.45) is 0. The van der Waals surface area contributed by atoms with Crippen LogP contribution in [-0.2, 0) is 9.53 Å². The molecule has 0 spiro atoms. The van der Waals surface area contributed by atoms with Crippen molar-refractivity contribution in [2.24, 2.45) is 0 Å². The number of rotatable bonds is 4. The standard InChI is InChI=1S/C14H15ClN2O2S3/c1-14(2,3)19-11(18)8-21-12-16-17(13(20)22-12)10-6-4-9(15)5-7-10/h4-7H,8H2,1-3H3. The van der Waals surface area contributed by atoms with Crippen molar-refractivity contribution in [1.29, 1.82) is 0 Å². The van der Waals surface area contributed by atoms with Crippen LogP contribution in [0.25, 0.3) is 5.69 Å². The normalized spacial score (nSPS) is 11.5. The Morgan fingerprint density at radius 1 is 1.41 bits per heavy atom. The Kier molecular flexibility index (Phi) is 5.65. The van der Waals surface area contributed by atoms with Crippen LogP contribution in [-0.4, -0.2) is 27.1 Å². The van der Waals surface area contributed by atoms with Gasteiger partial charge in [-0.3, -0.25) is 4.79 Å². The van der Waals surface area contributed by atoms with Crippen LogP contribution in [0, 0.1) is 3.95 Å². The number of esters is 1. The van der Waals surface area contributed by atoms with Crippen molar-refractivity contribution in [3.05, 3.63) is 33.2 Å². The van der Waals surface area contributed by atoms with Gasteiger partial charge in [-0.1, -0.05) is 34.7 Å². The fourth-order valence-corrected chi connectivity index (χ4v) is 3.82. The molecule has 0 bridgehead atoms. The zero-order chi connectivity index (χ0) is 16.3. The molecule has 1 heterocycles. The van der Waals surface area contributed by atoms with Crippen LogP contribution >= 0.6 is 46.9 Å². The fraction of sp³-hybridized carbons (Fsp3) is 0.357. The van der Waals surface area contributed by atoms with Crippen molar-refractivity contribution in [1.82, 2.24) is 9.78 Å². The molecule has 0 radical (unpaired) electrons. The Balaban J connectivity index is 2.06. The van der Waals surface area contributed by atoms with Crippen molar-refractivity contribution in [2.45, 2.75) is 30.7 Å². The van der Waals surface area contributed by atoms with Gasteiger partial charge in [0.05, 0.1) is 11.4 Å². The summed E-state index contributed by atoms with van der Waals surface area (Å²) in [6, 6.07) is 7.26. The number of aromatic nitrogens is 2. The molecule has 0 unspecified atom stereocenters. The Morgan fingerprint density at radius 2 is 2.05 bits per heavy atom. The third-order valence-electron chi connectivity index (χ3n) is 2.33. The number of thioether (sulfide) groups is 1. The molecular weight excluding hydrogens is 360 g/mol. The quantitative estimate of drug-likeness (QED) is 0.439. The second kappa shape index (κ2) is 7.12. The van der Waals surface area contributed by atoms with Crippen molar-refractivity contribution in [2.75, 3.05) is 5.75 Å². The van der Waals surface area contributed by atoms with Crippen molar-refractivity contribution >= 4 is 52.9 Å². The van der Waals surface area contributed by atoms with Gasteiger partial charge in [0.25, 0.3) is 0 Å². The summed E-state index contributed by atoms with van der Waals surface area (Å²) in [5.41, 5.74) is 0.363. The molecule has 0 N–H and O–H groups in total. The van der Waals surface area contributed by atoms with E-state index in [2.05, 4.69) is 5.10 Å². The van der Waals surface area contributed by atoms with E-state index in [-0.39, 0.29) is 11.7 Å². The summed E-state index contributed by atoms with van der Waals surface area (Å²) >= 11 is 13.9. The minimum Gasteiger partial charge on any atom is -0.459 e. The third-order valence-corrected chi connectivity index (χ3v) is 4.92. The first-order chi connectivity index (χ1) is 10.2. The molecular formula is C14H15ClN2O2S3. The second-order valence-corrected chi connectivity index (χ2v) is 8.68. The lowest BCUT2D eigenvalue weighted by atomic mass is 10.2. The molecule has 0 aliphatic heterocycles. The number of carbonyl (C=O) groups is 1. The first-order valence-corrected chi connectivity index (χ1v) is 9.04. The maximum atomic E-state index is 11.7. The summed E-state index contributed by atoms with van der Waals surface area (Å²) in [4.78, 5) is 11.7. The van der Waals surface area contributed by atoms with E-state index >= 15 is 0 Å². The van der Waals surface area contributed by atoms with Crippen LogP contribution in [0.15, 0.2) is 28.6 Å². The molecule has 1 aromatic heterocycles. The summed E-state index contributed by atoms with van der Waals surface area (Å²) in [7, 11) is 0. The average molecular weight is 375 g/mol. The Bertz CT molecular complexity index is 717. The van der Waals surface area contributed by atoms with Gasteiger partial charge in [-0.15, -0.1) is 5.10 Å². The van der Waals surface area contributed by atoms with Gasteiger partial charge in [-0.25, -0.2) is 4.68 Å². The van der Waals surface area contributed by atoms with Gasteiger partial charge in [0.2, 0.25) is 0 Å². The first-order valence-electron chi connectivity index (χ1n) is 6.45. The highest BCUT2D eigenvalue weighted by Crippen LogP contribution is 2.25. The minimum absolute atomic E-state index is 0.209. The topological polar surface area (TPSA) is 44.1 Å². The molecule has 118 valence electrons. The molecule has 1 aromatic carbocycles. The number of halogens is 1. The van der Waals surface area contributed by atoms with Gasteiger partial charge in [-0.05, 0) is 57.3 Å². The van der Waals surface area contributed by atoms with Crippen LogP contribution in [0.3, 0.4) is 0 Å². The number of nitrogens with zero attached hydrogens (tertiary/aromatic N) is 2. The van der Waals surface area contributed by atoms with Crippen LogP contribution in [0.5, 0.6) is 0 Å². The SMILES string of the molecule is CC(C)(C)OC(=O)CSc1nn(-c2ccc(Cl)cc2)c(=S)s1. The van der Waals surface area contributed by atoms with Gasteiger partial charge in [0.15, 0.2) is 8.29 Å². The number of hydrogen-bond acceptors (Lipinski definition) is 6. The smallest absolute Gasteiger partial charge is 0.316 e. The molecule has 0 saturated carbocycles. The van der Waals surface area contributed by atoms with Crippen LogP contribution < -0.4 is 0 Å². The molecule has 0 fully saturated rings. The molecule has 0 aliphatic rings. The van der Waals surface area contributed by atoms with E-state index in [0.29, 0.717) is 8.98 Å². The van der Waals surface area contributed by atoms with E-state index < -0.39 is 5.60 Å². The summed E-state index contributed by atoms with van der Waals surface area (Å²) in [5, 5.41) is 5.08. The predicted molar refractivity (Wildman–Crippen MR) is 93.9 cm³/mol. The molecule has 0 amide bonds. The third kappa shape index (κ3) is 5.08. The zero-order valence-corrected chi connectivity index (χ0v) is 15.5. The van der Waals surface area contributed by atoms with Gasteiger partial charge >= 0.3 is 5.97 Å². The number of benzene rings is 1. The number of carbonyl (C=O) groups excluding carboxylic acids is 1. The van der Waals surface area contributed by atoms with Gasteiger partial charge in [0.1, 0.15) is 5.60 Å². The summed E-state index contributed by atoms with van der Waals surface area (Å²) in [6.45, 7) is 5.53. The molecule has 22 heavy (non-hydrogen) atoms. The average Bonchev–Trinajstić information content (AvgIpc) is 2.77. The Hall–Kier alpha value is -0.890. The summed E-state index contributed by atoms with van der Waals surface area (Å²) < 4.78 is 8.27. The molecule has 2 aromatic rings. The lowest BCUT2D eigenvalue weighted by Gasteiger charge is -2.18. The predicted octanol–water partition coefficient (Wildman–Crippen LogP) is 4.75. The fourth-order valence-electron chi connectivity index (χ4n) is 1.56. The maximum absolute atomic E-state index is 11.7. The van der Waals surface area contributed by atoms with Crippen molar-refractivity contribution < 1.29 is 9.53 Å². The highest BCUT2D eigenvalue weighted by Gasteiger charge is 2.17. The van der Waals surface area contributed by atoms with E-state index in [1.807, 2.05) is 32.9 Å². The number of hydrogen-bond donors (Lipinski definition) is 0. The zero-order valence-electron chi connectivity index (χ0n) is 12.3. The Morgan fingerprint density at radius 3 is 2.64 bits per heavy atom. The summed E-state index contributed by atoms with van der Waals surface area (Å²) in [5.74, 6) is -0.0585. The molecule has 4 nitrogen and oxygen atoms in total. The van der Waals surface area contributed by atoms with E-state index in [1.165, 1.54) is 23.1 Å². The van der Waals surface area contributed by atoms with Crippen molar-refractivity contribution in [3.63, 3.8) is 0 Å². The molecule has 0 aliphatic carbocycles. The van der Waals surface area contributed by atoms with Crippen LogP contribution in [0.1, 0.15) is 20.8 Å². The van der Waals surface area contributed by atoms with Gasteiger partial charge < -0.3 is 4.74 Å². The van der Waals surface area contributed by atoms with Crippen LogP contribution in [0.4, 0.5) is 0 Å². The second-order valence-electron chi connectivity index (χ2n) is 5.40. The van der Waals surface area contributed by atoms with Crippen molar-refractivity contribution in [3.8, 4) is 5.69 Å². The van der Waals surface area contributed by atoms with Crippen LogP contribution in [0.2, 0.25) is 5.02 Å². The highest BCUT2D eigenvalue weighted by atomic mass is 35.5. The molecule has 2 rings (SSSR count). The van der Waals surface area contributed by atoms with E-state index in [9.17, 15) is 4.79 Å². The Labute approximate surface area is 147 Å². The first kappa shape index (κ1) is 17.5. The lowest BCUT2D eigenvalue weighted by Crippen LogP contribution is -2.24. The minimum atomic E-state index is -0.479. The van der Waals surface area contributed by atoms with E-state index in [0.717, 1.165) is 10.0 Å². The van der Waals surface area contributed by atoms with Gasteiger partial charge in [0, 0.05) is 5.02 Å². The molecule has 0 atom stereocenters. The highest BCUT2D eigenvalue weighted by molar-refractivity contribution is 8.01. The molecule has 0 saturated heterocycles. The lowest BCUT2D eigenvalue weighted by molar-refractivity contribution is -0.151. The van der Waals surface area contributed by atoms with Gasteiger partial charge in [-0.2, -0.15) is 0 Å².